The molecular weight excluding hydrogens is 154 g/mol. The third-order valence-electron chi connectivity index (χ3n) is 1.77. The molecule has 0 aliphatic rings. The van der Waals surface area contributed by atoms with Gasteiger partial charge in [0.1, 0.15) is 0 Å². The summed E-state index contributed by atoms with van der Waals surface area (Å²) in [6.07, 6.45) is 2.44. The van der Waals surface area contributed by atoms with E-state index in [1.165, 1.54) is 0 Å². The molecule has 0 aromatic carbocycles. The van der Waals surface area contributed by atoms with Crippen LogP contribution < -0.4 is 5.32 Å². The predicted octanol–water partition coefficient (Wildman–Crippen LogP) is 1.63. The van der Waals surface area contributed by atoms with E-state index in [-0.39, 0.29) is 12.5 Å². The molecule has 2 atom stereocenters. The molecule has 3 nitrogen and oxygen atoms in total. The number of carboxylic acids is 1. The molecule has 0 saturated heterocycles. The minimum absolute atomic E-state index is 0.0732. The van der Waals surface area contributed by atoms with Gasteiger partial charge >= 0.3 is 5.97 Å². The lowest BCUT2D eigenvalue weighted by Gasteiger charge is -2.17. The fraction of sp³-hybridized carbons (Fsp3) is 0.889. The molecule has 0 heterocycles. The summed E-state index contributed by atoms with van der Waals surface area (Å²) in [5.74, 6) is -0.737. The SMILES string of the molecule is CCCC(C)NC(C)CC(=O)O. The van der Waals surface area contributed by atoms with Gasteiger partial charge in [-0.3, -0.25) is 4.79 Å². The largest absolute Gasteiger partial charge is 0.481 e. The second-order valence-electron chi connectivity index (χ2n) is 3.36. The van der Waals surface area contributed by atoms with Crippen LogP contribution in [0.15, 0.2) is 0 Å². The van der Waals surface area contributed by atoms with E-state index >= 15 is 0 Å². The van der Waals surface area contributed by atoms with Crippen LogP contribution in [-0.4, -0.2) is 23.2 Å². The smallest absolute Gasteiger partial charge is 0.304 e. The zero-order chi connectivity index (χ0) is 9.56. The van der Waals surface area contributed by atoms with Crippen molar-refractivity contribution in [1.82, 2.24) is 5.32 Å². The average Bonchev–Trinajstić information content (AvgIpc) is 1.84. The quantitative estimate of drug-likeness (QED) is 0.641. The standard InChI is InChI=1S/C9H19NO2/c1-4-5-7(2)10-8(3)6-9(11)12/h7-8,10H,4-6H2,1-3H3,(H,11,12). The summed E-state index contributed by atoms with van der Waals surface area (Å²) in [6, 6.07) is 0.494. The van der Waals surface area contributed by atoms with Gasteiger partial charge in [-0.1, -0.05) is 13.3 Å². The van der Waals surface area contributed by atoms with Gasteiger partial charge in [0.2, 0.25) is 0 Å². The summed E-state index contributed by atoms with van der Waals surface area (Å²) in [5.41, 5.74) is 0. The Morgan fingerprint density at radius 2 is 2.00 bits per heavy atom. The van der Waals surface area contributed by atoms with Crippen molar-refractivity contribution < 1.29 is 9.90 Å². The Labute approximate surface area is 74.2 Å². The first kappa shape index (κ1) is 11.4. The van der Waals surface area contributed by atoms with Gasteiger partial charge in [-0.25, -0.2) is 0 Å². The Bertz CT molecular complexity index is 136. The molecule has 72 valence electrons. The van der Waals surface area contributed by atoms with Crippen molar-refractivity contribution in [3.63, 3.8) is 0 Å². The third-order valence-corrected chi connectivity index (χ3v) is 1.77. The number of hydrogen-bond acceptors (Lipinski definition) is 2. The zero-order valence-corrected chi connectivity index (χ0v) is 8.13. The maximum Gasteiger partial charge on any atom is 0.304 e. The normalized spacial score (nSPS) is 15.6. The molecule has 0 saturated carbocycles. The molecule has 0 spiro atoms. The Morgan fingerprint density at radius 3 is 2.42 bits per heavy atom. The van der Waals surface area contributed by atoms with Crippen molar-refractivity contribution in [2.24, 2.45) is 0 Å². The Morgan fingerprint density at radius 1 is 1.42 bits per heavy atom. The van der Waals surface area contributed by atoms with Crippen LogP contribution in [-0.2, 0) is 4.79 Å². The molecule has 0 bridgehead atoms. The fourth-order valence-corrected chi connectivity index (χ4v) is 1.32. The summed E-state index contributed by atoms with van der Waals surface area (Å²) in [4.78, 5) is 10.3. The second-order valence-corrected chi connectivity index (χ2v) is 3.36. The Kier molecular flexibility index (Phi) is 5.72. The van der Waals surface area contributed by atoms with Crippen molar-refractivity contribution in [3.8, 4) is 0 Å². The first-order valence-corrected chi connectivity index (χ1v) is 4.54. The second kappa shape index (κ2) is 6.00. The Balaban J connectivity index is 3.53. The van der Waals surface area contributed by atoms with Crippen molar-refractivity contribution >= 4 is 5.97 Å². The molecule has 0 aromatic rings. The first-order chi connectivity index (χ1) is 5.56. The fourth-order valence-electron chi connectivity index (χ4n) is 1.32. The highest BCUT2D eigenvalue weighted by molar-refractivity contribution is 5.67. The van der Waals surface area contributed by atoms with E-state index in [1.54, 1.807) is 0 Å². The van der Waals surface area contributed by atoms with Gasteiger partial charge in [0.25, 0.3) is 0 Å². The van der Waals surface area contributed by atoms with E-state index in [4.69, 9.17) is 5.11 Å². The van der Waals surface area contributed by atoms with Crippen molar-refractivity contribution in [3.05, 3.63) is 0 Å². The maximum absolute atomic E-state index is 10.3. The number of hydrogen-bond donors (Lipinski definition) is 2. The Hall–Kier alpha value is -0.570. The summed E-state index contributed by atoms with van der Waals surface area (Å²) >= 11 is 0. The highest BCUT2D eigenvalue weighted by atomic mass is 16.4. The lowest BCUT2D eigenvalue weighted by molar-refractivity contribution is -0.137. The summed E-state index contributed by atoms with van der Waals surface area (Å²) in [7, 11) is 0. The van der Waals surface area contributed by atoms with Gasteiger partial charge < -0.3 is 10.4 Å². The number of carboxylic acid groups (broad SMARTS) is 1. The van der Waals surface area contributed by atoms with E-state index in [0.29, 0.717) is 6.04 Å². The van der Waals surface area contributed by atoms with Crippen molar-refractivity contribution in [1.29, 1.82) is 0 Å². The van der Waals surface area contributed by atoms with Crippen LogP contribution in [0.2, 0.25) is 0 Å². The molecule has 0 amide bonds. The molecule has 2 N–H and O–H groups in total. The van der Waals surface area contributed by atoms with Gasteiger partial charge in [-0.05, 0) is 20.3 Å². The van der Waals surface area contributed by atoms with Crippen LogP contribution in [0.25, 0.3) is 0 Å². The molecule has 0 aromatic heterocycles. The molecule has 0 rings (SSSR count). The number of nitrogens with one attached hydrogen (secondary N) is 1. The lowest BCUT2D eigenvalue weighted by atomic mass is 10.1. The number of aliphatic carboxylic acids is 1. The average molecular weight is 173 g/mol. The van der Waals surface area contributed by atoms with Gasteiger partial charge in [0.05, 0.1) is 6.42 Å². The van der Waals surface area contributed by atoms with E-state index in [1.807, 2.05) is 6.92 Å². The van der Waals surface area contributed by atoms with Crippen molar-refractivity contribution in [2.75, 3.05) is 0 Å². The third kappa shape index (κ3) is 6.16. The van der Waals surface area contributed by atoms with E-state index in [2.05, 4.69) is 19.2 Å². The van der Waals surface area contributed by atoms with Crippen molar-refractivity contribution in [2.45, 2.75) is 52.1 Å². The molecule has 0 fully saturated rings. The lowest BCUT2D eigenvalue weighted by Crippen LogP contribution is -2.35. The predicted molar refractivity (Wildman–Crippen MR) is 49.2 cm³/mol. The molecule has 0 aliphatic heterocycles. The number of carbonyl (C=O) groups is 1. The van der Waals surface area contributed by atoms with Crippen LogP contribution in [0.4, 0.5) is 0 Å². The van der Waals surface area contributed by atoms with E-state index < -0.39 is 5.97 Å². The zero-order valence-electron chi connectivity index (χ0n) is 8.13. The maximum atomic E-state index is 10.3. The summed E-state index contributed by atoms with van der Waals surface area (Å²) < 4.78 is 0. The molecule has 2 unspecified atom stereocenters. The molecule has 0 radical (unpaired) electrons. The van der Waals surface area contributed by atoms with Gasteiger partial charge in [0.15, 0.2) is 0 Å². The van der Waals surface area contributed by atoms with Crippen LogP contribution in [0.3, 0.4) is 0 Å². The van der Waals surface area contributed by atoms with E-state index in [9.17, 15) is 4.79 Å². The number of rotatable bonds is 6. The molecular formula is C9H19NO2. The highest BCUT2D eigenvalue weighted by Gasteiger charge is 2.09. The van der Waals surface area contributed by atoms with Gasteiger partial charge in [-0.15, -0.1) is 0 Å². The summed E-state index contributed by atoms with van der Waals surface area (Å²) in [5, 5.41) is 11.7. The summed E-state index contributed by atoms with van der Waals surface area (Å²) in [6.45, 7) is 6.11. The first-order valence-electron chi connectivity index (χ1n) is 4.54. The van der Waals surface area contributed by atoms with Gasteiger partial charge in [0, 0.05) is 12.1 Å². The van der Waals surface area contributed by atoms with Crippen LogP contribution in [0.1, 0.15) is 40.0 Å². The van der Waals surface area contributed by atoms with E-state index in [0.717, 1.165) is 12.8 Å². The molecule has 3 heteroatoms. The topological polar surface area (TPSA) is 49.3 Å². The van der Waals surface area contributed by atoms with Crippen LogP contribution >= 0.6 is 0 Å². The molecule has 0 aliphatic carbocycles. The molecule has 12 heavy (non-hydrogen) atoms. The minimum Gasteiger partial charge on any atom is -0.481 e. The highest BCUT2D eigenvalue weighted by Crippen LogP contribution is 1.98. The van der Waals surface area contributed by atoms with Gasteiger partial charge in [-0.2, -0.15) is 0 Å². The van der Waals surface area contributed by atoms with Crippen LogP contribution in [0, 0.1) is 0 Å². The monoisotopic (exact) mass is 173 g/mol. The minimum atomic E-state index is -0.737. The van der Waals surface area contributed by atoms with Crippen LogP contribution in [0.5, 0.6) is 0 Å².